The van der Waals surface area contributed by atoms with Crippen molar-refractivity contribution in [1.29, 1.82) is 0 Å². The highest BCUT2D eigenvalue weighted by Crippen LogP contribution is 2.09. The van der Waals surface area contributed by atoms with E-state index in [2.05, 4.69) is 0 Å². The third-order valence-corrected chi connectivity index (χ3v) is 3.02. The van der Waals surface area contributed by atoms with Gasteiger partial charge in [0, 0.05) is 0 Å². The Morgan fingerprint density at radius 1 is 1.00 bits per heavy atom. The number of rotatable bonds is 5. The molecule has 0 aliphatic rings. The number of allylic oxidation sites excluding steroid dienone is 2. The molecule has 0 bridgehead atoms. The van der Waals surface area contributed by atoms with Crippen LogP contribution in [-0.4, -0.2) is 5.97 Å². The zero-order chi connectivity index (χ0) is 14.9. The molecule has 2 aromatic carbocycles. The molecular formula is C18H15ClO2. The van der Waals surface area contributed by atoms with E-state index in [0.717, 1.165) is 11.1 Å². The van der Waals surface area contributed by atoms with E-state index in [-0.39, 0.29) is 11.6 Å². The van der Waals surface area contributed by atoms with E-state index in [1.807, 2.05) is 66.7 Å². The molecule has 0 saturated heterocycles. The molecule has 3 heteroatoms. The fourth-order valence-corrected chi connectivity index (χ4v) is 1.80. The van der Waals surface area contributed by atoms with Crippen LogP contribution in [0.1, 0.15) is 11.1 Å². The predicted octanol–water partition coefficient (Wildman–Crippen LogP) is 4.57. The molecule has 0 aliphatic carbocycles. The lowest BCUT2D eigenvalue weighted by atomic mass is 10.2. The molecule has 0 atom stereocenters. The predicted molar refractivity (Wildman–Crippen MR) is 85.7 cm³/mol. The summed E-state index contributed by atoms with van der Waals surface area (Å²) in [4.78, 5) is 11.7. The highest BCUT2D eigenvalue weighted by Gasteiger charge is 2.06. The molecule has 0 aromatic heterocycles. The summed E-state index contributed by atoms with van der Waals surface area (Å²) in [6.07, 6.45) is 5.12. The molecule has 0 aliphatic heterocycles. The molecule has 21 heavy (non-hydrogen) atoms. The first-order valence-electron chi connectivity index (χ1n) is 6.55. The van der Waals surface area contributed by atoms with E-state index in [9.17, 15) is 4.79 Å². The van der Waals surface area contributed by atoms with Crippen molar-refractivity contribution in [3.8, 4) is 0 Å². The lowest BCUT2D eigenvalue weighted by Gasteiger charge is -2.03. The maximum atomic E-state index is 11.7. The van der Waals surface area contributed by atoms with Crippen molar-refractivity contribution in [3.05, 3.63) is 89.0 Å². The lowest BCUT2D eigenvalue weighted by Crippen LogP contribution is -2.04. The van der Waals surface area contributed by atoms with E-state index >= 15 is 0 Å². The summed E-state index contributed by atoms with van der Waals surface area (Å²) in [6.45, 7) is 0.214. The number of carbonyl (C=O) groups excluding carboxylic acids is 1. The van der Waals surface area contributed by atoms with Gasteiger partial charge in [0.25, 0.3) is 0 Å². The van der Waals surface area contributed by atoms with Crippen LogP contribution >= 0.6 is 11.6 Å². The monoisotopic (exact) mass is 298 g/mol. The minimum atomic E-state index is -0.529. The molecule has 0 spiro atoms. The number of halogens is 1. The normalized spacial score (nSPS) is 11.6. The van der Waals surface area contributed by atoms with Gasteiger partial charge in [-0.1, -0.05) is 84.4 Å². The Balaban J connectivity index is 1.87. The Morgan fingerprint density at radius 3 is 2.29 bits per heavy atom. The molecule has 2 nitrogen and oxygen atoms in total. The summed E-state index contributed by atoms with van der Waals surface area (Å²) in [7, 11) is 0. The van der Waals surface area contributed by atoms with Gasteiger partial charge in [0.05, 0.1) is 0 Å². The van der Waals surface area contributed by atoms with Crippen LogP contribution in [0.5, 0.6) is 0 Å². The molecule has 0 fully saturated rings. The molecule has 106 valence electrons. The Morgan fingerprint density at radius 2 is 1.62 bits per heavy atom. The molecule has 0 heterocycles. The fourth-order valence-electron chi connectivity index (χ4n) is 1.67. The first-order valence-corrected chi connectivity index (χ1v) is 6.93. The van der Waals surface area contributed by atoms with E-state index in [4.69, 9.17) is 16.3 Å². The van der Waals surface area contributed by atoms with Gasteiger partial charge < -0.3 is 4.74 Å². The Labute approximate surface area is 129 Å². The Kier molecular flexibility index (Phi) is 5.80. The second-order valence-corrected chi connectivity index (χ2v) is 4.75. The highest BCUT2D eigenvalue weighted by molar-refractivity contribution is 6.41. The van der Waals surface area contributed by atoms with E-state index in [1.54, 1.807) is 6.08 Å². The SMILES string of the molecule is O=C(OCc1ccccc1)/C(Cl)=C/C=C/c1ccccc1. The molecule has 0 N–H and O–H groups in total. The minimum Gasteiger partial charge on any atom is -0.457 e. The van der Waals surface area contributed by atoms with Gasteiger partial charge in [-0.15, -0.1) is 0 Å². The van der Waals surface area contributed by atoms with Crippen molar-refractivity contribution < 1.29 is 9.53 Å². The average Bonchev–Trinajstić information content (AvgIpc) is 2.54. The van der Waals surface area contributed by atoms with Crippen LogP contribution < -0.4 is 0 Å². The third-order valence-electron chi connectivity index (χ3n) is 2.74. The topological polar surface area (TPSA) is 26.3 Å². The molecular weight excluding hydrogens is 284 g/mol. The van der Waals surface area contributed by atoms with Crippen LogP contribution in [0.3, 0.4) is 0 Å². The molecule has 0 unspecified atom stereocenters. The summed E-state index contributed by atoms with van der Waals surface area (Å²) in [5.41, 5.74) is 1.96. The second kappa shape index (κ2) is 8.08. The van der Waals surface area contributed by atoms with Crippen molar-refractivity contribution in [2.75, 3.05) is 0 Å². The maximum Gasteiger partial charge on any atom is 0.350 e. The summed E-state index contributed by atoms with van der Waals surface area (Å²) >= 11 is 5.90. The maximum absolute atomic E-state index is 11.7. The number of hydrogen-bond donors (Lipinski definition) is 0. The molecule has 2 aromatic rings. The highest BCUT2D eigenvalue weighted by atomic mass is 35.5. The zero-order valence-electron chi connectivity index (χ0n) is 11.4. The average molecular weight is 299 g/mol. The first kappa shape index (κ1) is 15.1. The van der Waals surface area contributed by atoms with Crippen LogP contribution in [0, 0.1) is 0 Å². The van der Waals surface area contributed by atoms with Gasteiger partial charge in [-0.2, -0.15) is 0 Å². The summed E-state index contributed by atoms with van der Waals surface area (Å²) in [6, 6.07) is 19.2. The van der Waals surface area contributed by atoms with Gasteiger partial charge in [-0.05, 0) is 17.2 Å². The number of benzene rings is 2. The number of ether oxygens (including phenoxy) is 1. The van der Waals surface area contributed by atoms with Crippen molar-refractivity contribution in [1.82, 2.24) is 0 Å². The second-order valence-electron chi connectivity index (χ2n) is 4.35. The van der Waals surface area contributed by atoms with Gasteiger partial charge in [0.2, 0.25) is 0 Å². The van der Waals surface area contributed by atoms with Crippen molar-refractivity contribution in [2.24, 2.45) is 0 Å². The van der Waals surface area contributed by atoms with Crippen LogP contribution in [0.4, 0.5) is 0 Å². The fraction of sp³-hybridized carbons (Fsp3) is 0.0556. The zero-order valence-corrected chi connectivity index (χ0v) is 12.2. The van der Waals surface area contributed by atoms with Gasteiger partial charge in [0.1, 0.15) is 11.6 Å². The third kappa shape index (κ3) is 5.28. The minimum absolute atomic E-state index is 0.0538. The standard InChI is InChI=1S/C18H15ClO2/c19-17(13-7-12-15-8-3-1-4-9-15)18(20)21-14-16-10-5-2-6-11-16/h1-13H,14H2/b12-7+,17-13-. The Bertz CT molecular complexity index is 631. The molecule has 0 amide bonds. The van der Waals surface area contributed by atoms with Crippen LogP contribution in [0.25, 0.3) is 6.08 Å². The van der Waals surface area contributed by atoms with Crippen molar-refractivity contribution in [3.63, 3.8) is 0 Å². The van der Waals surface area contributed by atoms with Gasteiger partial charge in [-0.25, -0.2) is 4.79 Å². The molecule has 2 rings (SSSR count). The summed E-state index contributed by atoms with van der Waals surface area (Å²) < 4.78 is 5.12. The molecule has 0 radical (unpaired) electrons. The quantitative estimate of drug-likeness (QED) is 0.459. The first-order chi connectivity index (χ1) is 10.3. The van der Waals surface area contributed by atoms with Gasteiger partial charge >= 0.3 is 5.97 Å². The largest absolute Gasteiger partial charge is 0.457 e. The Hall–Kier alpha value is -2.32. The summed E-state index contributed by atoms with van der Waals surface area (Å²) in [5, 5.41) is 0.0538. The van der Waals surface area contributed by atoms with E-state index in [0.29, 0.717) is 0 Å². The van der Waals surface area contributed by atoms with Crippen LogP contribution in [-0.2, 0) is 16.1 Å². The van der Waals surface area contributed by atoms with Crippen molar-refractivity contribution >= 4 is 23.6 Å². The smallest absolute Gasteiger partial charge is 0.350 e. The van der Waals surface area contributed by atoms with E-state index < -0.39 is 5.97 Å². The number of carbonyl (C=O) groups is 1. The summed E-state index contributed by atoms with van der Waals surface area (Å²) in [5.74, 6) is -0.529. The number of hydrogen-bond acceptors (Lipinski definition) is 2. The van der Waals surface area contributed by atoms with Crippen LogP contribution in [0.2, 0.25) is 0 Å². The molecule has 0 saturated carbocycles. The van der Waals surface area contributed by atoms with E-state index in [1.165, 1.54) is 6.08 Å². The van der Waals surface area contributed by atoms with Gasteiger partial charge in [-0.3, -0.25) is 0 Å². The van der Waals surface area contributed by atoms with Crippen molar-refractivity contribution in [2.45, 2.75) is 6.61 Å². The number of esters is 1. The van der Waals surface area contributed by atoms with Crippen LogP contribution in [0.15, 0.2) is 77.8 Å². The van der Waals surface area contributed by atoms with Gasteiger partial charge in [0.15, 0.2) is 0 Å². The lowest BCUT2D eigenvalue weighted by molar-refractivity contribution is -0.139.